The third kappa shape index (κ3) is 2.63. The summed E-state index contributed by atoms with van der Waals surface area (Å²) in [6, 6.07) is 11.1. The molecule has 3 aromatic rings. The van der Waals surface area contributed by atoms with Crippen molar-refractivity contribution in [3.05, 3.63) is 59.1 Å². The zero-order valence-corrected chi connectivity index (χ0v) is 11.5. The van der Waals surface area contributed by atoms with E-state index in [0.717, 1.165) is 21.3 Å². The lowest BCUT2D eigenvalue weighted by Gasteiger charge is -2.12. The first-order valence-electron chi connectivity index (χ1n) is 6.20. The molecule has 0 radical (unpaired) electrons. The first kappa shape index (κ1) is 13.0. The molecular formula is C15H12F2N2S. The molecule has 3 rings (SSSR count). The highest BCUT2D eigenvalue weighted by Crippen LogP contribution is 2.28. The van der Waals surface area contributed by atoms with Crippen LogP contribution in [-0.4, -0.2) is 4.98 Å². The normalized spacial score (nSPS) is 12.6. The predicted molar refractivity (Wildman–Crippen MR) is 78.0 cm³/mol. The maximum atomic E-state index is 13.2. The third-order valence-electron chi connectivity index (χ3n) is 2.93. The largest absolute Gasteiger partial charge is 0.376 e. The summed E-state index contributed by atoms with van der Waals surface area (Å²) in [4.78, 5) is 4.52. The topological polar surface area (TPSA) is 24.9 Å². The van der Waals surface area contributed by atoms with Gasteiger partial charge in [0.25, 0.3) is 0 Å². The fraction of sp³-hybridized carbons (Fsp3) is 0.133. The number of para-hydroxylation sites is 1. The number of halogens is 2. The van der Waals surface area contributed by atoms with Gasteiger partial charge >= 0.3 is 0 Å². The molecule has 1 atom stereocenters. The highest BCUT2D eigenvalue weighted by Gasteiger charge is 2.12. The van der Waals surface area contributed by atoms with E-state index in [0.29, 0.717) is 5.69 Å². The van der Waals surface area contributed by atoms with Gasteiger partial charge in [0, 0.05) is 11.8 Å². The molecule has 0 spiro atoms. The molecule has 0 aliphatic rings. The van der Waals surface area contributed by atoms with Gasteiger partial charge in [-0.05, 0) is 31.2 Å². The number of hydrogen-bond donors (Lipinski definition) is 1. The minimum absolute atomic E-state index is 0.117. The first-order valence-corrected chi connectivity index (χ1v) is 7.01. The smallest absolute Gasteiger partial charge is 0.128 e. The summed E-state index contributed by atoms with van der Waals surface area (Å²) in [5.74, 6) is -1.19. The molecule has 2 aromatic carbocycles. The van der Waals surface area contributed by atoms with E-state index in [1.54, 1.807) is 11.3 Å². The van der Waals surface area contributed by atoms with Crippen molar-refractivity contribution in [2.45, 2.75) is 13.0 Å². The summed E-state index contributed by atoms with van der Waals surface area (Å²) in [5, 5.41) is 3.95. The fourth-order valence-corrected chi connectivity index (χ4v) is 2.99. The molecule has 0 fully saturated rings. The zero-order chi connectivity index (χ0) is 14.1. The Balaban J connectivity index is 1.86. The number of fused-ring (bicyclic) bond motifs is 1. The molecule has 2 nitrogen and oxygen atoms in total. The Hall–Kier alpha value is -2.01. The standard InChI is InChI=1S/C15H12F2N2S/c1-9(18-12-7-10(16)6-11(17)8-12)15-19-13-4-2-3-5-14(13)20-15/h2-9,18H,1H3. The van der Waals surface area contributed by atoms with Crippen molar-refractivity contribution in [3.8, 4) is 0 Å². The molecule has 1 aromatic heterocycles. The molecule has 0 saturated carbocycles. The van der Waals surface area contributed by atoms with Crippen LogP contribution in [0.2, 0.25) is 0 Å². The van der Waals surface area contributed by atoms with Crippen molar-refractivity contribution in [3.63, 3.8) is 0 Å². The fourth-order valence-electron chi connectivity index (χ4n) is 2.02. The molecule has 0 aliphatic carbocycles. The molecule has 0 bridgehead atoms. The Labute approximate surface area is 119 Å². The van der Waals surface area contributed by atoms with Crippen LogP contribution in [-0.2, 0) is 0 Å². The van der Waals surface area contributed by atoms with Gasteiger partial charge in [0.15, 0.2) is 0 Å². The maximum absolute atomic E-state index is 13.2. The monoisotopic (exact) mass is 290 g/mol. The highest BCUT2D eigenvalue weighted by molar-refractivity contribution is 7.18. The van der Waals surface area contributed by atoms with Crippen LogP contribution < -0.4 is 5.32 Å². The van der Waals surface area contributed by atoms with Gasteiger partial charge < -0.3 is 5.32 Å². The average Bonchev–Trinajstić information content (AvgIpc) is 2.81. The number of hydrogen-bond acceptors (Lipinski definition) is 3. The molecule has 0 saturated heterocycles. The summed E-state index contributed by atoms with van der Waals surface area (Å²) in [6.07, 6.45) is 0. The number of nitrogens with zero attached hydrogens (tertiary/aromatic N) is 1. The average molecular weight is 290 g/mol. The maximum Gasteiger partial charge on any atom is 0.128 e. The van der Waals surface area contributed by atoms with Crippen LogP contribution in [0.25, 0.3) is 10.2 Å². The van der Waals surface area contributed by atoms with E-state index in [9.17, 15) is 8.78 Å². The van der Waals surface area contributed by atoms with Gasteiger partial charge in [-0.1, -0.05) is 12.1 Å². The van der Waals surface area contributed by atoms with Crippen LogP contribution in [0.1, 0.15) is 18.0 Å². The highest BCUT2D eigenvalue weighted by atomic mass is 32.1. The molecule has 0 aliphatic heterocycles. The lowest BCUT2D eigenvalue weighted by Crippen LogP contribution is -2.06. The van der Waals surface area contributed by atoms with E-state index in [4.69, 9.17) is 0 Å². The Morgan fingerprint density at radius 2 is 1.80 bits per heavy atom. The second-order valence-corrected chi connectivity index (χ2v) is 5.61. The Kier molecular flexibility index (Phi) is 3.36. The van der Waals surface area contributed by atoms with Gasteiger partial charge in [-0.3, -0.25) is 0 Å². The molecular weight excluding hydrogens is 278 g/mol. The second kappa shape index (κ2) is 5.17. The van der Waals surface area contributed by atoms with Gasteiger partial charge in [0.1, 0.15) is 16.6 Å². The predicted octanol–water partition coefficient (Wildman–Crippen LogP) is 4.75. The molecule has 5 heteroatoms. The van der Waals surface area contributed by atoms with Crippen LogP contribution in [0.15, 0.2) is 42.5 Å². The SMILES string of the molecule is CC(Nc1cc(F)cc(F)c1)c1nc2ccccc2s1. The van der Waals surface area contributed by atoms with E-state index in [2.05, 4.69) is 10.3 Å². The summed E-state index contributed by atoms with van der Waals surface area (Å²) in [5.41, 5.74) is 1.35. The van der Waals surface area contributed by atoms with Crippen molar-refractivity contribution < 1.29 is 8.78 Å². The minimum atomic E-state index is -0.594. The van der Waals surface area contributed by atoms with Crippen molar-refractivity contribution in [2.24, 2.45) is 0 Å². The van der Waals surface area contributed by atoms with E-state index >= 15 is 0 Å². The number of nitrogens with one attached hydrogen (secondary N) is 1. The lowest BCUT2D eigenvalue weighted by molar-refractivity contribution is 0.583. The molecule has 1 heterocycles. The van der Waals surface area contributed by atoms with Crippen LogP contribution >= 0.6 is 11.3 Å². The summed E-state index contributed by atoms with van der Waals surface area (Å²) >= 11 is 1.57. The van der Waals surface area contributed by atoms with Gasteiger partial charge in [-0.15, -0.1) is 11.3 Å². The Bertz CT molecular complexity index is 701. The van der Waals surface area contributed by atoms with Crippen molar-refractivity contribution in [2.75, 3.05) is 5.32 Å². The molecule has 1 N–H and O–H groups in total. The van der Waals surface area contributed by atoms with Gasteiger partial charge in [0.2, 0.25) is 0 Å². The minimum Gasteiger partial charge on any atom is -0.376 e. The summed E-state index contributed by atoms with van der Waals surface area (Å²) < 4.78 is 27.4. The zero-order valence-electron chi connectivity index (χ0n) is 10.7. The van der Waals surface area contributed by atoms with E-state index in [1.165, 1.54) is 12.1 Å². The van der Waals surface area contributed by atoms with Crippen LogP contribution in [0.3, 0.4) is 0 Å². The molecule has 20 heavy (non-hydrogen) atoms. The molecule has 0 amide bonds. The molecule has 102 valence electrons. The number of aromatic nitrogens is 1. The second-order valence-electron chi connectivity index (χ2n) is 4.54. The van der Waals surface area contributed by atoms with Crippen molar-refractivity contribution >= 4 is 27.2 Å². The quantitative estimate of drug-likeness (QED) is 0.753. The first-order chi connectivity index (χ1) is 9.61. The van der Waals surface area contributed by atoms with Crippen LogP contribution in [0.4, 0.5) is 14.5 Å². The third-order valence-corrected chi connectivity index (χ3v) is 4.15. The van der Waals surface area contributed by atoms with E-state index in [1.807, 2.05) is 31.2 Å². The number of thiazole rings is 1. The summed E-state index contributed by atoms with van der Waals surface area (Å²) in [7, 11) is 0. The number of anilines is 1. The van der Waals surface area contributed by atoms with Gasteiger partial charge in [-0.2, -0.15) is 0 Å². The van der Waals surface area contributed by atoms with E-state index in [-0.39, 0.29) is 6.04 Å². The van der Waals surface area contributed by atoms with Crippen LogP contribution in [0, 0.1) is 11.6 Å². The Morgan fingerprint density at radius 3 is 2.50 bits per heavy atom. The number of rotatable bonds is 3. The van der Waals surface area contributed by atoms with Crippen molar-refractivity contribution in [1.82, 2.24) is 4.98 Å². The van der Waals surface area contributed by atoms with Gasteiger partial charge in [0.05, 0.1) is 16.3 Å². The van der Waals surface area contributed by atoms with Crippen molar-refractivity contribution in [1.29, 1.82) is 0 Å². The van der Waals surface area contributed by atoms with E-state index < -0.39 is 11.6 Å². The van der Waals surface area contributed by atoms with Crippen LogP contribution in [0.5, 0.6) is 0 Å². The Morgan fingerprint density at radius 1 is 1.10 bits per heavy atom. The van der Waals surface area contributed by atoms with Gasteiger partial charge in [-0.25, -0.2) is 13.8 Å². The lowest BCUT2D eigenvalue weighted by atomic mass is 10.2. The summed E-state index contributed by atoms with van der Waals surface area (Å²) in [6.45, 7) is 1.92. The molecule has 1 unspecified atom stereocenters. The number of benzene rings is 2.